The Bertz CT molecular complexity index is 947. The van der Waals surface area contributed by atoms with Gasteiger partial charge in [-0.2, -0.15) is 0 Å². The fourth-order valence-corrected chi connectivity index (χ4v) is 2.69. The minimum atomic E-state index is -1.03. The molecule has 0 bridgehead atoms. The largest absolute Gasteiger partial charge is 0.489 e. The Morgan fingerprint density at radius 2 is 1.96 bits per heavy atom. The number of carboxylic acid groups (broad SMARTS) is 1. The van der Waals surface area contributed by atoms with Crippen LogP contribution in [0.3, 0.4) is 0 Å². The van der Waals surface area contributed by atoms with Gasteiger partial charge in [0.1, 0.15) is 24.2 Å². The molecule has 0 aliphatic heterocycles. The summed E-state index contributed by atoms with van der Waals surface area (Å²) in [5.74, 6) is -0.318. The molecule has 1 heterocycles. The summed E-state index contributed by atoms with van der Waals surface area (Å²) in [5, 5.41) is 17.3. The molecule has 7 nitrogen and oxygen atoms in total. The average molecular weight is 352 g/mol. The van der Waals surface area contributed by atoms with Crippen LogP contribution >= 0.6 is 0 Å². The second-order valence-electron chi connectivity index (χ2n) is 6.07. The van der Waals surface area contributed by atoms with Crippen LogP contribution in [0.2, 0.25) is 0 Å². The lowest BCUT2D eigenvalue weighted by atomic mass is 10.1. The van der Waals surface area contributed by atoms with E-state index in [2.05, 4.69) is 4.98 Å². The third-order valence-electron chi connectivity index (χ3n) is 4.17. The summed E-state index contributed by atoms with van der Waals surface area (Å²) in [7, 11) is 0. The smallest absolute Gasteiger partial charge is 0.320 e. The molecule has 0 unspecified atom stereocenters. The van der Waals surface area contributed by atoms with E-state index in [9.17, 15) is 4.79 Å². The number of rotatable bonds is 7. The van der Waals surface area contributed by atoms with Gasteiger partial charge in [-0.3, -0.25) is 10.2 Å². The van der Waals surface area contributed by atoms with Crippen molar-refractivity contribution in [1.29, 1.82) is 5.41 Å². The maximum atomic E-state index is 11.0. The molecule has 3 aromatic rings. The van der Waals surface area contributed by atoms with Crippen LogP contribution in [0.15, 0.2) is 48.7 Å². The van der Waals surface area contributed by atoms with Crippen LogP contribution in [0.5, 0.6) is 5.75 Å². The minimum Gasteiger partial charge on any atom is -0.489 e. The molecular weight excluding hydrogens is 332 g/mol. The van der Waals surface area contributed by atoms with Crippen LogP contribution in [0.4, 0.5) is 0 Å². The van der Waals surface area contributed by atoms with Gasteiger partial charge >= 0.3 is 5.97 Å². The number of amidine groups is 1. The van der Waals surface area contributed by atoms with Crippen molar-refractivity contribution in [2.24, 2.45) is 11.5 Å². The van der Waals surface area contributed by atoms with Gasteiger partial charge in [0, 0.05) is 29.1 Å². The molecule has 0 aliphatic rings. The lowest BCUT2D eigenvalue weighted by Crippen LogP contribution is -2.32. The van der Waals surface area contributed by atoms with Crippen molar-refractivity contribution in [3.05, 3.63) is 65.4 Å². The standard InChI is InChI=1S/C19H20N4O3/c20-16(19(24)25)7-13-9-23-17-6-5-14(8-15(13)17)26-10-11-1-3-12(4-2-11)18(21)22/h1-6,8-9,16,23H,7,10,20H2,(H3,21,22)(H,24,25)/t16-/m0/s1. The highest BCUT2D eigenvalue weighted by molar-refractivity contribution is 5.94. The molecule has 0 spiro atoms. The summed E-state index contributed by atoms with van der Waals surface area (Å²) in [6.07, 6.45) is 2.02. The highest BCUT2D eigenvalue weighted by Gasteiger charge is 2.15. The second-order valence-corrected chi connectivity index (χ2v) is 6.07. The number of carboxylic acids is 1. The lowest BCUT2D eigenvalue weighted by molar-refractivity contribution is -0.138. The highest BCUT2D eigenvalue weighted by atomic mass is 16.5. The normalized spacial score (nSPS) is 12.0. The molecule has 7 N–H and O–H groups in total. The summed E-state index contributed by atoms with van der Waals surface area (Å²) in [5.41, 5.74) is 14.4. The molecule has 0 saturated carbocycles. The first-order valence-electron chi connectivity index (χ1n) is 8.08. The predicted octanol–water partition coefficient (Wildman–Crippen LogP) is 1.99. The second kappa shape index (κ2) is 7.28. The number of benzene rings is 2. The van der Waals surface area contributed by atoms with Gasteiger partial charge in [0.05, 0.1) is 0 Å². The summed E-state index contributed by atoms with van der Waals surface area (Å²) in [4.78, 5) is 14.1. The van der Waals surface area contributed by atoms with Crippen molar-refractivity contribution >= 4 is 22.7 Å². The quantitative estimate of drug-likeness (QED) is 0.327. The van der Waals surface area contributed by atoms with E-state index in [1.165, 1.54) is 0 Å². The predicted molar refractivity (Wildman–Crippen MR) is 99.4 cm³/mol. The fourth-order valence-electron chi connectivity index (χ4n) is 2.69. The third kappa shape index (κ3) is 3.84. The molecule has 0 fully saturated rings. The highest BCUT2D eigenvalue weighted by Crippen LogP contribution is 2.25. The number of ether oxygens (including phenoxy) is 1. The number of nitrogens with two attached hydrogens (primary N) is 2. The Kier molecular flexibility index (Phi) is 4.90. The first-order chi connectivity index (χ1) is 12.4. The Balaban J connectivity index is 1.74. The first-order valence-corrected chi connectivity index (χ1v) is 8.08. The van der Waals surface area contributed by atoms with Crippen LogP contribution in [0.1, 0.15) is 16.7 Å². The van der Waals surface area contributed by atoms with Crippen molar-refractivity contribution in [1.82, 2.24) is 4.98 Å². The molecule has 1 aromatic heterocycles. The Morgan fingerprint density at radius 3 is 2.62 bits per heavy atom. The number of nitrogen functional groups attached to an aromatic ring is 1. The van der Waals surface area contributed by atoms with E-state index in [1.54, 1.807) is 18.3 Å². The number of aliphatic carboxylic acids is 1. The lowest BCUT2D eigenvalue weighted by Gasteiger charge is -2.09. The van der Waals surface area contributed by atoms with E-state index in [-0.39, 0.29) is 12.3 Å². The molecule has 1 atom stereocenters. The van der Waals surface area contributed by atoms with Crippen LogP contribution in [0.25, 0.3) is 10.9 Å². The van der Waals surface area contributed by atoms with Gasteiger partial charge in [-0.25, -0.2) is 0 Å². The van der Waals surface area contributed by atoms with Crippen molar-refractivity contribution in [3.8, 4) is 5.75 Å². The first kappa shape index (κ1) is 17.5. The zero-order valence-electron chi connectivity index (χ0n) is 14.0. The minimum absolute atomic E-state index is 0.0301. The Labute approximate surface area is 150 Å². The summed E-state index contributed by atoms with van der Waals surface area (Å²) in [6.45, 7) is 0.373. The zero-order chi connectivity index (χ0) is 18.7. The Morgan fingerprint density at radius 1 is 1.23 bits per heavy atom. The molecule has 0 saturated heterocycles. The Hall–Kier alpha value is -3.32. The van der Waals surface area contributed by atoms with E-state index < -0.39 is 12.0 Å². The number of aromatic amines is 1. The van der Waals surface area contributed by atoms with E-state index in [0.717, 1.165) is 22.0 Å². The summed E-state index contributed by atoms with van der Waals surface area (Å²) < 4.78 is 5.83. The number of H-pyrrole nitrogens is 1. The monoisotopic (exact) mass is 352 g/mol. The average Bonchev–Trinajstić information content (AvgIpc) is 3.02. The van der Waals surface area contributed by atoms with Crippen molar-refractivity contribution in [2.75, 3.05) is 0 Å². The van der Waals surface area contributed by atoms with Gasteiger partial charge in [0.25, 0.3) is 0 Å². The van der Waals surface area contributed by atoms with Crippen LogP contribution in [0, 0.1) is 5.41 Å². The number of carbonyl (C=O) groups is 1. The summed E-state index contributed by atoms with van der Waals surface area (Å²) >= 11 is 0. The van der Waals surface area contributed by atoms with Crippen molar-refractivity contribution < 1.29 is 14.6 Å². The van der Waals surface area contributed by atoms with E-state index in [0.29, 0.717) is 17.9 Å². The molecule has 3 rings (SSSR count). The maximum absolute atomic E-state index is 11.0. The van der Waals surface area contributed by atoms with Crippen LogP contribution < -0.4 is 16.2 Å². The van der Waals surface area contributed by atoms with Gasteiger partial charge in [-0.1, -0.05) is 24.3 Å². The van der Waals surface area contributed by atoms with Gasteiger partial charge in [0.2, 0.25) is 0 Å². The number of hydrogen-bond acceptors (Lipinski definition) is 4. The van der Waals surface area contributed by atoms with E-state index in [1.807, 2.05) is 30.3 Å². The molecule has 26 heavy (non-hydrogen) atoms. The third-order valence-corrected chi connectivity index (χ3v) is 4.17. The van der Waals surface area contributed by atoms with Crippen LogP contribution in [-0.4, -0.2) is 27.9 Å². The topological polar surface area (TPSA) is 138 Å². The molecule has 2 aromatic carbocycles. The maximum Gasteiger partial charge on any atom is 0.320 e. The zero-order valence-corrected chi connectivity index (χ0v) is 14.0. The molecule has 0 amide bonds. The SMILES string of the molecule is N=C(N)c1ccc(COc2ccc3[nH]cc(C[C@H](N)C(=O)O)c3c2)cc1. The molecule has 0 radical (unpaired) electrons. The molecule has 134 valence electrons. The van der Waals surface area contributed by atoms with Crippen LogP contribution in [-0.2, 0) is 17.8 Å². The molecule has 7 heteroatoms. The summed E-state index contributed by atoms with van der Waals surface area (Å²) in [6, 6.07) is 12.0. The van der Waals surface area contributed by atoms with E-state index in [4.69, 9.17) is 26.7 Å². The fraction of sp³-hybridized carbons (Fsp3) is 0.158. The number of fused-ring (bicyclic) bond motifs is 1. The van der Waals surface area contributed by atoms with Crippen molar-refractivity contribution in [3.63, 3.8) is 0 Å². The van der Waals surface area contributed by atoms with Gasteiger partial charge in [0.15, 0.2) is 0 Å². The number of aromatic nitrogens is 1. The van der Waals surface area contributed by atoms with Crippen molar-refractivity contribution in [2.45, 2.75) is 19.1 Å². The van der Waals surface area contributed by atoms with Gasteiger partial charge in [-0.15, -0.1) is 0 Å². The number of nitrogens with one attached hydrogen (secondary N) is 2. The number of hydrogen-bond donors (Lipinski definition) is 5. The molecule has 0 aliphatic carbocycles. The molecular formula is C19H20N4O3. The van der Waals surface area contributed by atoms with E-state index >= 15 is 0 Å². The van der Waals surface area contributed by atoms with Gasteiger partial charge < -0.3 is 26.3 Å². The van der Waals surface area contributed by atoms with Gasteiger partial charge in [-0.05, 0) is 29.3 Å².